The summed E-state index contributed by atoms with van der Waals surface area (Å²) in [5.41, 5.74) is 2.44. The molecule has 1 aromatic heterocycles. The number of rotatable bonds is 4. The number of hydrogen-bond acceptors (Lipinski definition) is 3. The van der Waals surface area contributed by atoms with Gasteiger partial charge in [-0.3, -0.25) is 4.79 Å². The lowest BCUT2D eigenvalue weighted by Crippen LogP contribution is -2.45. The van der Waals surface area contributed by atoms with Crippen LogP contribution >= 0.6 is 0 Å². The van der Waals surface area contributed by atoms with Crippen molar-refractivity contribution >= 4 is 5.91 Å². The highest BCUT2D eigenvalue weighted by Gasteiger charge is 2.41. The molecule has 1 amide bonds. The van der Waals surface area contributed by atoms with Gasteiger partial charge in [-0.05, 0) is 37.5 Å². The van der Waals surface area contributed by atoms with E-state index in [1.165, 1.54) is 0 Å². The number of nitrogens with zero attached hydrogens (tertiary/aromatic N) is 3. The molecule has 5 nitrogen and oxygen atoms in total. The van der Waals surface area contributed by atoms with Crippen LogP contribution in [0.5, 0.6) is 0 Å². The summed E-state index contributed by atoms with van der Waals surface area (Å²) in [6.07, 6.45) is 3.90. The average molecular weight is 360 g/mol. The first-order valence-electron chi connectivity index (χ1n) is 9.44. The maximum atomic E-state index is 12.9. The van der Waals surface area contributed by atoms with Crippen molar-refractivity contribution in [3.05, 3.63) is 71.5 Å². The Kier molecular flexibility index (Phi) is 4.52. The number of carbonyl (C=O) groups excluding carboxylic acids is 1. The van der Waals surface area contributed by atoms with Gasteiger partial charge in [0.05, 0.1) is 0 Å². The number of benzene rings is 2. The summed E-state index contributed by atoms with van der Waals surface area (Å²) in [6, 6.07) is 17.5. The Morgan fingerprint density at radius 3 is 2.37 bits per heavy atom. The molecule has 138 valence electrons. The van der Waals surface area contributed by atoms with Crippen molar-refractivity contribution in [1.29, 1.82) is 0 Å². The van der Waals surface area contributed by atoms with Crippen molar-refractivity contribution in [3.8, 4) is 11.4 Å². The highest BCUT2D eigenvalue weighted by molar-refractivity contribution is 5.94. The zero-order valence-electron chi connectivity index (χ0n) is 15.8. The molecule has 27 heavy (non-hydrogen) atoms. The number of aryl methyl sites for hydroxylation is 1. The van der Waals surface area contributed by atoms with Crippen molar-refractivity contribution < 1.29 is 4.79 Å². The predicted octanol–water partition coefficient (Wildman–Crippen LogP) is 3.99. The second kappa shape index (κ2) is 6.99. The van der Waals surface area contributed by atoms with Crippen molar-refractivity contribution in [2.75, 3.05) is 0 Å². The summed E-state index contributed by atoms with van der Waals surface area (Å²) < 4.78 is 2.04. The van der Waals surface area contributed by atoms with Crippen molar-refractivity contribution in [3.63, 3.8) is 0 Å². The Bertz CT molecular complexity index is 955. The molecule has 0 saturated heterocycles. The SMILES string of the molecule is Cc1ccccc1-c1nnc(C2(NC(=O)c3ccccc3)CCCC2)n1C. The molecule has 1 heterocycles. The molecule has 2 aromatic carbocycles. The summed E-state index contributed by atoms with van der Waals surface area (Å²) in [5, 5.41) is 12.3. The number of nitrogens with one attached hydrogen (secondary N) is 1. The van der Waals surface area contributed by atoms with Crippen LogP contribution in [0, 0.1) is 6.92 Å². The third-order valence-electron chi connectivity index (χ3n) is 5.53. The van der Waals surface area contributed by atoms with E-state index in [1.54, 1.807) is 0 Å². The monoisotopic (exact) mass is 360 g/mol. The molecule has 1 aliphatic carbocycles. The van der Waals surface area contributed by atoms with E-state index in [9.17, 15) is 4.79 Å². The van der Waals surface area contributed by atoms with E-state index in [1.807, 2.05) is 54.1 Å². The van der Waals surface area contributed by atoms with Crippen LogP contribution in [0.25, 0.3) is 11.4 Å². The molecule has 3 aromatic rings. The maximum Gasteiger partial charge on any atom is 0.252 e. The molecule has 5 heteroatoms. The highest BCUT2D eigenvalue weighted by atomic mass is 16.1. The number of aromatic nitrogens is 3. The average Bonchev–Trinajstić information content (AvgIpc) is 3.30. The third-order valence-corrected chi connectivity index (χ3v) is 5.53. The molecule has 1 N–H and O–H groups in total. The Labute approximate surface area is 159 Å². The molecule has 0 spiro atoms. The topological polar surface area (TPSA) is 59.8 Å². The third kappa shape index (κ3) is 3.14. The summed E-state index contributed by atoms with van der Waals surface area (Å²) >= 11 is 0. The van der Waals surface area contributed by atoms with E-state index >= 15 is 0 Å². The van der Waals surface area contributed by atoms with Gasteiger partial charge in [0.2, 0.25) is 0 Å². The minimum atomic E-state index is -0.463. The minimum absolute atomic E-state index is 0.0575. The molecular weight excluding hydrogens is 336 g/mol. The zero-order valence-corrected chi connectivity index (χ0v) is 15.8. The Hall–Kier alpha value is -2.95. The van der Waals surface area contributed by atoms with Gasteiger partial charge < -0.3 is 9.88 Å². The molecule has 0 bridgehead atoms. The lowest BCUT2D eigenvalue weighted by atomic mass is 9.95. The van der Waals surface area contributed by atoms with E-state index in [0.29, 0.717) is 5.56 Å². The molecule has 0 atom stereocenters. The number of carbonyl (C=O) groups is 1. The van der Waals surface area contributed by atoms with Gasteiger partial charge in [-0.1, -0.05) is 55.3 Å². The Balaban J connectivity index is 1.71. The summed E-state index contributed by atoms with van der Waals surface area (Å²) in [5.74, 6) is 1.61. The lowest BCUT2D eigenvalue weighted by Gasteiger charge is -2.29. The van der Waals surface area contributed by atoms with E-state index in [-0.39, 0.29) is 5.91 Å². The lowest BCUT2D eigenvalue weighted by molar-refractivity contribution is 0.0891. The fourth-order valence-corrected chi connectivity index (χ4v) is 4.07. The normalized spacial score (nSPS) is 15.6. The molecule has 1 aliphatic rings. The van der Waals surface area contributed by atoms with Crippen LogP contribution < -0.4 is 5.32 Å². The first-order valence-corrected chi connectivity index (χ1v) is 9.44. The van der Waals surface area contributed by atoms with Gasteiger partial charge >= 0.3 is 0 Å². The van der Waals surface area contributed by atoms with E-state index < -0.39 is 5.54 Å². The predicted molar refractivity (Wildman–Crippen MR) is 105 cm³/mol. The van der Waals surface area contributed by atoms with E-state index in [4.69, 9.17) is 0 Å². The Morgan fingerprint density at radius 2 is 1.67 bits per heavy atom. The standard InChI is InChI=1S/C22H24N4O/c1-16-10-6-7-13-18(16)19-24-25-21(26(19)2)22(14-8-9-15-22)23-20(27)17-11-4-3-5-12-17/h3-7,10-13H,8-9,14-15H2,1-2H3,(H,23,27). The van der Waals surface area contributed by atoms with Gasteiger partial charge in [0, 0.05) is 18.2 Å². The zero-order chi connectivity index (χ0) is 18.9. The van der Waals surface area contributed by atoms with Crippen LogP contribution in [0.2, 0.25) is 0 Å². The fraction of sp³-hybridized carbons (Fsp3) is 0.318. The van der Waals surface area contributed by atoms with Crippen LogP contribution in [-0.4, -0.2) is 20.7 Å². The van der Waals surface area contributed by atoms with Gasteiger partial charge in [0.1, 0.15) is 5.54 Å². The van der Waals surface area contributed by atoms with Crippen molar-refractivity contribution in [2.24, 2.45) is 7.05 Å². The van der Waals surface area contributed by atoms with Crippen LogP contribution in [-0.2, 0) is 12.6 Å². The molecule has 4 rings (SSSR count). The van der Waals surface area contributed by atoms with Crippen LogP contribution in [0.4, 0.5) is 0 Å². The highest BCUT2D eigenvalue weighted by Crippen LogP contribution is 2.39. The largest absolute Gasteiger partial charge is 0.339 e. The Morgan fingerprint density at radius 1 is 1.00 bits per heavy atom. The fourth-order valence-electron chi connectivity index (χ4n) is 4.07. The molecule has 1 fully saturated rings. The quantitative estimate of drug-likeness (QED) is 0.765. The van der Waals surface area contributed by atoms with Gasteiger partial charge in [0.25, 0.3) is 5.91 Å². The smallest absolute Gasteiger partial charge is 0.252 e. The first kappa shape index (κ1) is 17.5. The van der Waals surface area contributed by atoms with Crippen molar-refractivity contribution in [2.45, 2.75) is 38.1 Å². The second-order valence-electron chi connectivity index (χ2n) is 7.33. The summed E-state index contributed by atoms with van der Waals surface area (Å²) in [6.45, 7) is 2.08. The molecule has 0 aliphatic heterocycles. The number of amides is 1. The summed E-state index contributed by atoms with van der Waals surface area (Å²) in [7, 11) is 1.99. The van der Waals surface area contributed by atoms with E-state index in [2.05, 4.69) is 34.6 Å². The first-order chi connectivity index (χ1) is 13.1. The molecular formula is C22H24N4O. The molecule has 0 unspecified atom stereocenters. The maximum absolute atomic E-state index is 12.9. The second-order valence-corrected chi connectivity index (χ2v) is 7.33. The van der Waals surface area contributed by atoms with Crippen molar-refractivity contribution in [1.82, 2.24) is 20.1 Å². The van der Waals surface area contributed by atoms with Gasteiger partial charge in [-0.25, -0.2) is 0 Å². The minimum Gasteiger partial charge on any atom is -0.339 e. The van der Waals surface area contributed by atoms with Gasteiger partial charge in [-0.15, -0.1) is 10.2 Å². The summed E-state index contributed by atoms with van der Waals surface area (Å²) in [4.78, 5) is 12.9. The molecule has 1 saturated carbocycles. The van der Waals surface area contributed by atoms with Gasteiger partial charge in [-0.2, -0.15) is 0 Å². The number of hydrogen-bond donors (Lipinski definition) is 1. The van der Waals surface area contributed by atoms with Gasteiger partial charge in [0.15, 0.2) is 11.6 Å². The molecule has 0 radical (unpaired) electrons. The van der Waals surface area contributed by atoms with Crippen LogP contribution in [0.3, 0.4) is 0 Å². The van der Waals surface area contributed by atoms with E-state index in [0.717, 1.165) is 48.5 Å². The van der Waals surface area contributed by atoms with Crippen LogP contribution in [0.1, 0.15) is 47.4 Å². The van der Waals surface area contributed by atoms with Crippen LogP contribution in [0.15, 0.2) is 54.6 Å².